The number of hydrogen-bond donors (Lipinski definition) is 3. The summed E-state index contributed by atoms with van der Waals surface area (Å²) in [6.07, 6.45) is 12.2. The molecule has 0 spiro atoms. The maximum atomic E-state index is 14.8. The lowest BCUT2D eigenvalue weighted by Crippen LogP contribution is -2.49. The standard InChI is InChI=1S/C30H41F2N7O3/c1-2-41-13-14-42-12-5-3-4-11-39(23-9-10-23)30(40)37-22-8-6-7-21(16-22)36-29-26(32)19-35-28(38-29)25-18-34-27-24(25)15-20(31)17-33-27/h15,17-19,21-23H,2-14,16H2,1H3,(H,33,34)(H,37,40)(H,35,36,38)/t21-,22+/m1/s1. The highest BCUT2D eigenvalue weighted by Gasteiger charge is 2.34. The summed E-state index contributed by atoms with van der Waals surface area (Å²) in [4.78, 5) is 30.8. The minimum Gasteiger partial charge on any atom is -0.379 e. The van der Waals surface area contributed by atoms with Gasteiger partial charge in [0.25, 0.3) is 0 Å². The SMILES string of the molecule is CCOCCOCCCCCN(C(=O)N[C@H]1CCC[C@@H](Nc2nc(-c3c[nH]c4ncc(F)cc34)ncc2F)C1)C1CC1. The van der Waals surface area contributed by atoms with Crippen LogP contribution in [0, 0.1) is 11.6 Å². The monoisotopic (exact) mass is 585 g/mol. The lowest BCUT2D eigenvalue weighted by Gasteiger charge is -2.33. The fourth-order valence-corrected chi connectivity index (χ4v) is 5.53. The number of unbranched alkanes of at least 4 members (excludes halogenated alkanes) is 2. The summed E-state index contributed by atoms with van der Waals surface area (Å²) in [5, 5.41) is 7.01. The summed E-state index contributed by atoms with van der Waals surface area (Å²) in [5.41, 5.74) is 1.05. The van der Waals surface area contributed by atoms with Crippen molar-refractivity contribution in [3.05, 3.63) is 36.3 Å². The van der Waals surface area contributed by atoms with Gasteiger partial charge < -0.3 is 30.0 Å². The summed E-state index contributed by atoms with van der Waals surface area (Å²) in [6, 6.07) is 1.61. The number of carbonyl (C=O) groups is 1. The van der Waals surface area contributed by atoms with Gasteiger partial charge >= 0.3 is 6.03 Å². The molecule has 2 fully saturated rings. The molecule has 3 heterocycles. The number of hydrogen-bond acceptors (Lipinski definition) is 7. The molecular formula is C30H41F2N7O3. The summed E-state index contributed by atoms with van der Waals surface area (Å²) < 4.78 is 39.4. The van der Waals surface area contributed by atoms with E-state index in [0.717, 1.165) is 70.3 Å². The number of anilines is 1. The second-order valence-corrected chi connectivity index (χ2v) is 11.1. The average Bonchev–Trinajstić information content (AvgIpc) is 3.74. The quantitative estimate of drug-likeness (QED) is 0.204. The van der Waals surface area contributed by atoms with Crippen molar-refractivity contribution >= 4 is 22.9 Å². The van der Waals surface area contributed by atoms with Gasteiger partial charge in [0.2, 0.25) is 0 Å². The highest BCUT2D eigenvalue weighted by molar-refractivity contribution is 5.91. The smallest absolute Gasteiger partial charge is 0.317 e. The molecule has 0 bridgehead atoms. The number of pyridine rings is 1. The fraction of sp³-hybridized carbons (Fsp3) is 0.600. The minimum atomic E-state index is -0.561. The van der Waals surface area contributed by atoms with Crippen molar-refractivity contribution in [2.75, 3.05) is 38.3 Å². The van der Waals surface area contributed by atoms with Crippen molar-refractivity contribution in [1.82, 2.24) is 30.2 Å². The molecular weight excluding hydrogens is 544 g/mol. The van der Waals surface area contributed by atoms with Gasteiger partial charge in [-0.15, -0.1) is 0 Å². The molecule has 2 atom stereocenters. The number of carbonyl (C=O) groups excluding carboxylic acids is 1. The van der Waals surface area contributed by atoms with E-state index in [-0.39, 0.29) is 29.8 Å². The van der Waals surface area contributed by atoms with Crippen LogP contribution in [-0.4, -0.2) is 82.0 Å². The van der Waals surface area contributed by atoms with Crippen molar-refractivity contribution in [3.63, 3.8) is 0 Å². The lowest BCUT2D eigenvalue weighted by atomic mass is 9.91. The Morgan fingerprint density at radius 2 is 1.88 bits per heavy atom. The summed E-state index contributed by atoms with van der Waals surface area (Å²) in [7, 11) is 0. The second kappa shape index (κ2) is 14.7. The zero-order chi connectivity index (χ0) is 29.3. The van der Waals surface area contributed by atoms with Crippen LogP contribution in [0.4, 0.5) is 19.4 Å². The summed E-state index contributed by atoms with van der Waals surface area (Å²) in [5.74, 6) is -0.667. The van der Waals surface area contributed by atoms with Gasteiger partial charge in [0.1, 0.15) is 11.5 Å². The van der Waals surface area contributed by atoms with Gasteiger partial charge in [-0.3, -0.25) is 0 Å². The van der Waals surface area contributed by atoms with E-state index in [2.05, 4.69) is 30.6 Å². The van der Waals surface area contributed by atoms with Crippen molar-refractivity contribution in [3.8, 4) is 11.4 Å². The van der Waals surface area contributed by atoms with E-state index in [4.69, 9.17) is 9.47 Å². The van der Waals surface area contributed by atoms with E-state index in [0.29, 0.717) is 55.5 Å². The van der Waals surface area contributed by atoms with E-state index >= 15 is 0 Å². The molecule has 2 aliphatic carbocycles. The molecule has 3 N–H and O–H groups in total. The normalized spacial score (nSPS) is 18.7. The average molecular weight is 586 g/mol. The van der Waals surface area contributed by atoms with Crippen molar-refractivity contribution in [2.45, 2.75) is 82.8 Å². The van der Waals surface area contributed by atoms with Crippen LogP contribution >= 0.6 is 0 Å². The molecule has 2 amide bonds. The van der Waals surface area contributed by atoms with E-state index in [9.17, 15) is 13.6 Å². The molecule has 0 aromatic carbocycles. The number of amides is 2. The first-order valence-electron chi connectivity index (χ1n) is 15.2. The molecule has 0 saturated heterocycles. The first-order chi connectivity index (χ1) is 20.5. The second-order valence-electron chi connectivity index (χ2n) is 11.1. The third-order valence-electron chi connectivity index (χ3n) is 7.84. The molecule has 10 nitrogen and oxygen atoms in total. The topological polar surface area (TPSA) is 117 Å². The van der Waals surface area contributed by atoms with Gasteiger partial charge in [0, 0.05) is 55.0 Å². The maximum absolute atomic E-state index is 14.8. The van der Waals surface area contributed by atoms with Gasteiger partial charge in [0.05, 0.1) is 25.6 Å². The van der Waals surface area contributed by atoms with Gasteiger partial charge in [-0.1, -0.05) is 0 Å². The number of H-pyrrole nitrogens is 1. The molecule has 3 aromatic rings. The van der Waals surface area contributed by atoms with Crippen LogP contribution < -0.4 is 10.6 Å². The number of nitrogens with zero attached hydrogens (tertiary/aromatic N) is 4. The van der Waals surface area contributed by atoms with Gasteiger partial charge in [0.15, 0.2) is 17.5 Å². The van der Waals surface area contributed by atoms with Crippen LogP contribution in [0.1, 0.15) is 64.7 Å². The molecule has 0 unspecified atom stereocenters. The Bertz CT molecular complexity index is 1320. The number of fused-ring (bicyclic) bond motifs is 1. The Morgan fingerprint density at radius 3 is 2.71 bits per heavy atom. The molecule has 3 aromatic heterocycles. The molecule has 228 valence electrons. The molecule has 5 rings (SSSR count). The van der Waals surface area contributed by atoms with Gasteiger partial charge in [-0.25, -0.2) is 28.5 Å². The number of nitrogens with one attached hydrogen (secondary N) is 3. The zero-order valence-electron chi connectivity index (χ0n) is 24.2. The number of ether oxygens (including phenoxy) is 2. The van der Waals surface area contributed by atoms with Crippen molar-refractivity contribution in [1.29, 1.82) is 0 Å². The first-order valence-corrected chi connectivity index (χ1v) is 15.2. The number of rotatable bonds is 15. The minimum absolute atomic E-state index is 0.00391. The molecule has 0 radical (unpaired) electrons. The zero-order valence-corrected chi connectivity index (χ0v) is 24.2. The number of urea groups is 1. The molecule has 12 heteroatoms. The predicted molar refractivity (Wildman–Crippen MR) is 156 cm³/mol. The maximum Gasteiger partial charge on any atom is 0.317 e. The first kappa shape index (κ1) is 30.1. The number of aromatic amines is 1. The van der Waals surface area contributed by atoms with E-state index in [1.165, 1.54) is 6.07 Å². The van der Waals surface area contributed by atoms with Crippen LogP contribution in [0.5, 0.6) is 0 Å². The van der Waals surface area contributed by atoms with Crippen LogP contribution in [0.25, 0.3) is 22.4 Å². The third-order valence-corrected chi connectivity index (χ3v) is 7.84. The van der Waals surface area contributed by atoms with Crippen LogP contribution in [0.3, 0.4) is 0 Å². The van der Waals surface area contributed by atoms with E-state index < -0.39 is 11.6 Å². The molecule has 2 aliphatic rings. The summed E-state index contributed by atoms with van der Waals surface area (Å²) in [6.45, 7) is 5.38. The number of halogens is 2. The van der Waals surface area contributed by atoms with Crippen LogP contribution in [0.2, 0.25) is 0 Å². The van der Waals surface area contributed by atoms with Crippen LogP contribution in [-0.2, 0) is 9.47 Å². The van der Waals surface area contributed by atoms with Crippen LogP contribution in [0.15, 0.2) is 24.7 Å². The molecule has 2 saturated carbocycles. The predicted octanol–water partition coefficient (Wildman–Crippen LogP) is 5.42. The van der Waals surface area contributed by atoms with Gasteiger partial charge in [-0.2, -0.15) is 0 Å². The van der Waals surface area contributed by atoms with Crippen molar-refractivity contribution < 1.29 is 23.0 Å². The van der Waals surface area contributed by atoms with Gasteiger partial charge in [-0.05, 0) is 70.8 Å². The highest BCUT2D eigenvalue weighted by atomic mass is 19.1. The third kappa shape index (κ3) is 8.13. The number of aromatic nitrogens is 4. The largest absolute Gasteiger partial charge is 0.379 e. The molecule has 42 heavy (non-hydrogen) atoms. The molecule has 0 aliphatic heterocycles. The Kier molecular flexibility index (Phi) is 10.5. The fourth-order valence-electron chi connectivity index (χ4n) is 5.53. The lowest BCUT2D eigenvalue weighted by molar-refractivity contribution is 0.0511. The highest BCUT2D eigenvalue weighted by Crippen LogP contribution is 2.30. The van der Waals surface area contributed by atoms with Crippen molar-refractivity contribution in [2.24, 2.45) is 0 Å². The Balaban J connectivity index is 1.12. The Hall–Kier alpha value is -3.38. The van der Waals surface area contributed by atoms with E-state index in [1.54, 1.807) is 6.20 Å². The summed E-state index contributed by atoms with van der Waals surface area (Å²) >= 11 is 0. The Morgan fingerprint density at radius 1 is 1.05 bits per heavy atom. The Labute approximate surface area is 245 Å². The van der Waals surface area contributed by atoms with E-state index in [1.807, 2.05) is 11.8 Å².